The van der Waals surface area contributed by atoms with Gasteiger partial charge in [-0.15, -0.1) is 0 Å². The molecule has 10 heteroatoms. The highest BCUT2D eigenvalue weighted by Gasteiger charge is 2.49. The van der Waals surface area contributed by atoms with Gasteiger partial charge in [0.2, 0.25) is 0 Å². The molecule has 1 N–H and O–H groups in total. The molecule has 0 bridgehead atoms. The third-order valence-corrected chi connectivity index (χ3v) is 11.4. The van der Waals surface area contributed by atoms with Crippen LogP contribution in [0.2, 0.25) is 0 Å². The molecule has 10 nitrogen and oxygen atoms in total. The minimum Gasteiger partial charge on any atom is -0.369 e. The first kappa shape index (κ1) is 45.1. The molecule has 8 atom stereocenters. The smallest absolute Gasteiger partial charge is 0.186 e. The van der Waals surface area contributed by atoms with Gasteiger partial charge in [-0.05, 0) is 33.4 Å². The monoisotopic (exact) mass is 862 g/mol. The number of aliphatic imine (C=N–C) groups is 1. The minimum atomic E-state index is -0.774. The van der Waals surface area contributed by atoms with Gasteiger partial charge in [-0.1, -0.05) is 182 Å². The van der Waals surface area contributed by atoms with E-state index in [4.69, 9.17) is 42.9 Å². The summed E-state index contributed by atoms with van der Waals surface area (Å²) < 4.78 is 53.7. The first-order valence-electron chi connectivity index (χ1n) is 22.1. The maximum Gasteiger partial charge on any atom is 0.186 e. The molecule has 0 amide bonds. The SMILES string of the molecule is CO[C@H]1O[C@H](CNC2=NC[C@@H](OCc3ccccc3)[C@@H](OCc3ccccc3)[C@@H]2OCc2ccccc2)[C@@H](OCc2ccccc2)[C@H](OCc2ccccc2)[C@H]1OCc1ccccc1. The van der Waals surface area contributed by atoms with Gasteiger partial charge in [-0.25, -0.2) is 0 Å². The Hall–Kier alpha value is -5.53. The van der Waals surface area contributed by atoms with Crippen LogP contribution in [0, 0.1) is 0 Å². The van der Waals surface area contributed by atoms with Gasteiger partial charge in [0.1, 0.15) is 48.6 Å². The Morgan fingerprint density at radius 1 is 0.438 bits per heavy atom. The van der Waals surface area contributed by atoms with E-state index in [9.17, 15) is 0 Å². The number of nitrogens with zero attached hydrogens (tertiary/aromatic N) is 1. The van der Waals surface area contributed by atoms with Crippen LogP contribution in [0.25, 0.3) is 0 Å². The van der Waals surface area contributed by atoms with Gasteiger partial charge >= 0.3 is 0 Å². The number of rotatable bonds is 21. The first-order chi connectivity index (χ1) is 31.7. The number of nitrogens with one attached hydrogen (secondary N) is 1. The van der Waals surface area contributed by atoms with Crippen molar-refractivity contribution >= 4 is 5.84 Å². The molecule has 2 aliphatic heterocycles. The van der Waals surface area contributed by atoms with Crippen molar-refractivity contribution in [1.82, 2.24) is 5.32 Å². The Morgan fingerprint density at radius 2 is 0.797 bits per heavy atom. The zero-order chi connectivity index (χ0) is 43.6. The summed E-state index contributed by atoms with van der Waals surface area (Å²) in [4.78, 5) is 5.13. The van der Waals surface area contributed by atoms with Crippen molar-refractivity contribution in [3.05, 3.63) is 215 Å². The third-order valence-electron chi connectivity index (χ3n) is 11.4. The second-order valence-corrected chi connectivity index (χ2v) is 16.0. The fourth-order valence-electron chi connectivity index (χ4n) is 8.01. The number of benzene rings is 6. The molecule has 8 rings (SSSR count). The number of amidine groups is 1. The van der Waals surface area contributed by atoms with Crippen molar-refractivity contribution in [3.63, 3.8) is 0 Å². The Kier molecular flexibility index (Phi) is 16.9. The highest BCUT2D eigenvalue weighted by Crippen LogP contribution is 2.31. The van der Waals surface area contributed by atoms with Gasteiger partial charge in [0.05, 0.1) is 46.2 Å². The highest BCUT2D eigenvalue weighted by molar-refractivity contribution is 5.88. The van der Waals surface area contributed by atoms with Crippen LogP contribution in [-0.4, -0.2) is 75.1 Å². The van der Waals surface area contributed by atoms with Gasteiger partial charge in [-0.2, -0.15) is 0 Å². The van der Waals surface area contributed by atoms with Crippen molar-refractivity contribution in [3.8, 4) is 0 Å². The van der Waals surface area contributed by atoms with Crippen LogP contribution >= 0.6 is 0 Å². The molecule has 1 saturated heterocycles. The maximum absolute atomic E-state index is 6.89. The lowest BCUT2D eigenvalue weighted by atomic mass is 9.96. The summed E-state index contributed by atoms with van der Waals surface area (Å²) in [6.45, 7) is 2.78. The van der Waals surface area contributed by atoms with Crippen LogP contribution in [0.1, 0.15) is 33.4 Å². The van der Waals surface area contributed by atoms with E-state index < -0.39 is 42.9 Å². The number of ether oxygens (including phenoxy) is 8. The van der Waals surface area contributed by atoms with Crippen molar-refractivity contribution < 1.29 is 37.9 Å². The van der Waals surface area contributed by atoms with E-state index in [1.165, 1.54) is 0 Å². The van der Waals surface area contributed by atoms with Gasteiger partial charge in [0, 0.05) is 13.7 Å². The topological polar surface area (TPSA) is 98.2 Å². The van der Waals surface area contributed by atoms with Crippen molar-refractivity contribution in [2.45, 2.75) is 88.7 Å². The zero-order valence-electron chi connectivity index (χ0n) is 36.3. The molecule has 64 heavy (non-hydrogen) atoms. The quantitative estimate of drug-likeness (QED) is 0.0762. The van der Waals surface area contributed by atoms with Crippen molar-refractivity contribution in [2.75, 3.05) is 20.2 Å². The predicted octanol–water partition coefficient (Wildman–Crippen LogP) is 8.87. The predicted molar refractivity (Wildman–Crippen MR) is 246 cm³/mol. The van der Waals surface area contributed by atoms with Crippen LogP contribution in [0.4, 0.5) is 0 Å². The summed E-state index contributed by atoms with van der Waals surface area (Å²) >= 11 is 0. The fourth-order valence-corrected chi connectivity index (χ4v) is 8.01. The molecule has 6 aromatic rings. The van der Waals surface area contributed by atoms with Crippen LogP contribution in [-0.2, 0) is 77.5 Å². The molecule has 0 aromatic heterocycles. The second kappa shape index (κ2) is 24.0. The number of hydrogen-bond acceptors (Lipinski definition) is 10. The van der Waals surface area contributed by atoms with Crippen LogP contribution in [0.15, 0.2) is 187 Å². The van der Waals surface area contributed by atoms with E-state index in [0.717, 1.165) is 33.4 Å². The molecule has 6 aromatic carbocycles. The normalized spacial score (nSPS) is 23.3. The lowest BCUT2D eigenvalue weighted by Gasteiger charge is -2.46. The minimum absolute atomic E-state index is 0.293. The summed E-state index contributed by atoms with van der Waals surface area (Å²) in [7, 11) is 1.64. The van der Waals surface area contributed by atoms with E-state index in [2.05, 4.69) is 66.0 Å². The average molecular weight is 863 g/mol. The molecular weight excluding hydrogens is 805 g/mol. The van der Waals surface area contributed by atoms with Crippen molar-refractivity contribution in [2.24, 2.45) is 4.99 Å². The molecule has 0 radical (unpaired) electrons. The largest absolute Gasteiger partial charge is 0.369 e. The van der Waals surface area contributed by atoms with E-state index in [0.29, 0.717) is 58.6 Å². The van der Waals surface area contributed by atoms with Gasteiger partial charge < -0.3 is 43.2 Å². The highest BCUT2D eigenvalue weighted by atomic mass is 16.7. The van der Waals surface area contributed by atoms with E-state index in [1.807, 2.05) is 121 Å². The van der Waals surface area contributed by atoms with Crippen LogP contribution in [0.5, 0.6) is 0 Å². The molecular formula is C54H58N2O8. The molecule has 332 valence electrons. The first-order valence-corrected chi connectivity index (χ1v) is 22.1. The number of hydrogen-bond donors (Lipinski definition) is 1. The van der Waals surface area contributed by atoms with E-state index in [-0.39, 0.29) is 6.10 Å². The lowest BCUT2D eigenvalue weighted by molar-refractivity contribution is -0.316. The van der Waals surface area contributed by atoms with E-state index >= 15 is 0 Å². The van der Waals surface area contributed by atoms with Gasteiger partial charge in [0.15, 0.2) is 6.29 Å². The summed E-state index contributed by atoms with van der Waals surface area (Å²) in [5, 5.41) is 3.67. The molecule has 0 spiro atoms. The molecule has 0 aliphatic carbocycles. The Bertz CT molecular complexity index is 2240. The zero-order valence-corrected chi connectivity index (χ0v) is 36.3. The summed E-state index contributed by atoms with van der Waals surface area (Å²) in [6.07, 6.45) is -4.66. The third kappa shape index (κ3) is 12.8. The Balaban J connectivity index is 1.08. The molecule has 0 saturated carbocycles. The average Bonchev–Trinajstić information content (AvgIpc) is 3.36. The molecule has 1 fully saturated rings. The fraction of sp³-hybridized carbons (Fsp3) is 0.315. The van der Waals surface area contributed by atoms with Gasteiger partial charge in [-0.3, -0.25) is 4.99 Å². The Labute approximate surface area is 377 Å². The Morgan fingerprint density at radius 3 is 1.22 bits per heavy atom. The molecule has 0 unspecified atom stereocenters. The summed E-state index contributed by atoms with van der Waals surface area (Å²) in [5.41, 5.74) is 6.23. The number of methoxy groups -OCH3 is 1. The maximum atomic E-state index is 6.89. The van der Waals surface area contributed by atoms with E-state index in [1.54, 1.807) is 7.11 Å². The summed E-state index contributed by atoms with van der Waals surface area (Å²) in [5.74, 6) is 0.636. The van der Waals surface area contributed by atoms with Crippen molar-refractivity contribution in [1.29, 1.82) is 0 Å². The van der Waals surface area contributed by atoms with Crippen LogP contribution in [0.3, 0.4) is 0 Å². The molecule has 2 aliphatic rings. The molecule has 2 heterocycles. The van der Waals surface area contributed by atoms with Crippen LogP contribution < -0.4 is 5.32 Å². The lowest BCUT2D eigenvalue weighted by Crippen LogP contribution is -2.63. The summed E-state index contributed by atoms with van der Waals surface area (Å²) in [6, 6.07) is 60.7. The van der Waals surface area contributed by atoms with Gasteiger partial charge in [0.25, 0.3) is 0 Å². The standard InChI is InChI=1S/C54H58N2O8/c1-57-54-52(63-39-45-30-18-7-19-31-45)50(61-37-43-26-14-5-15-27-43)49(60-36-42-24-12-4-13-25-42)47(64-54)33-56-53-51(62-38-44-28-16-6-17-29-44)48(59-35-41-22-10-3-11-23-41)46(32-55-53)58-34-40-20-8-2-9-21-40/h2-31,46-52,54H,32-39H2,1H3,(H,55,56)/t46-,47-,48-,49-,50+,51+,52-,54+/m1/s1. The second-order valence-electron chi connectivity index (χ2n) is 16.0.